The lowest BCUT2D eigenvalue weighted by Crippen LogP contribution is -2.41. The van der Waals surface area contributed by atoms with E-state index in [9.17, 15) is 18.4 Å². The van der Waals surface area contributed by atoms with Crippen molar-refractivity contribution in [2.45, 2.75) is 12.5 Å². The van der Waals surface area contributed by atoms with Crippen LogP contribution in [0.3, 0.4) is 0 Å². The molecule has 104 valence electrons. The van der Waals surface area contributed by atoms with E-state index in [-0.39, 0.29) is 12.0 Å². The topological polar surface area (TPSA) is 66.4 Å². The molecule has 0 fully saturated rings. The van der Waals surface area contributed by atoms with Gasteiger partial charge in [-0.1, -0.05) is 0 Å². The van der Waals surface area contributed by atoms with Gasteiger partial charge in [0, 0.05) is 6.07 Å². The van der Waals surface area contributed by atoms with Gasteiger partial charge in [0.25, 0.3) is 5.91 Å². The van der Waals surface area contributed by atoms with E-state index < -0.39 is 29.6 Å². The van der Waals surface area contributed by atoms with E-state index in [0.717, 1.165) is 12.1 Å². The fourth-order valence-electron chi connectivity index (χ4n) is 1.40. The molecule has 1 aromatic rings. The molecule has 4 nitrogen and oxygen atoms in total. The summed E-state index contributed by atoms with van der Waals surface area (Å²) in [5.41, 5.74) is -0.378. The number of carbonyl (C=O) groups excluding carboxylic acids is 1. The van der Waals surface area contributed by atoms with E-state index in [1.54, 1.807) is 6.26 Å². The van der Waals surface area contributed by atoms with Gasteiger partial charge < -0.3 is 10.4 Å². The number of halogens is 2. The van der Waals surface area contributed by atoms with Crippen molar-refractivity contribution >= 4 is 23.6 Å². The molecule has 1 aromatic carbocycles. The second-order valence-corrected chi connectivity index (χ2v) is 4.76. The van der Waals surface area contributed by atoms with Crippen molar-refractivity contribution < 1.29 is 23.5 Å². The van der Waals surface area contributed by atoms with Gasteiger partial charge in [-0.2, -0.15) is 11.8 Å². The number of benzene rings is 1. The van der Waals surface area contributed by atoms with Crippen LogP contribution in [0.25, 0.3) is 0 Å². The van der Waals surface area contributed by atoms with Gasteiger partial charge >= 0.3 is 5.97 Å². The van der Waals surface area contributed by atoms with Gasteiger partial charge in [0.05, 0.1) is 5.56 Å². The third kappa shape index (κ3) is 4.51. The van der Waals surface area contributed by atoms with Crippen LogP contribution in [0, 0.1) is 11.6 Å². The monoisotopic (exact) mass is 289 g/mol. The molecule has 0 aliphatic heterocycles. The molecule has 0 aliphatic rings. The summed E-state index contributed by atoms with van der Waals surface area (Å²) >= 11 is 1.44. The second kappa shape index (κ2) is 7.08. The second-order valence-electron chi connectivity index (χ2n) is 3.77. The molecule has 7 heteroatoms. The van der Waals surface area contributed by atoms with Crippen molar-refractivity contribution in [2.24, 2.45) is 0 Å². The largest absolute Gasteiger partial charge is 0.480 e. The van der Waals surface area contributed by atoms with Crippen molar-refractivity contribution in [1.29, 1.82) is 0 Å². The van der Waals surface area contributed by atoms with E-state index in [1.807, 2.05) is 0 Å². The lowest BCUT2D eigenvalue weighted by Gasteiger charge is -2.14. The summed E-state index contributed by atoms with van der Waals surface area (Å²) in [6.45, 7) is 0. The molecule has 0 radical (unpaired) electrons. The molecule has 0 saturated carbocycles. The molecule has 1 amide bonds. The Kier molecular flexibility index (Phi) is 5.75. The number of carboxylic acid groups (broad SMARTS) is 1. The minimum Gasteiger partial charge on any atom is -0.480 e. The van der Waals surface area contributed by atoms with Crippen LogP contribution < -0.4 is 5.32 Å². The molecular weight excluding hydrogens is 276 g/mol. The number of carboxylic acids is 1. The van der Waals surface area contributed by atoms with Crippen LogP contribution >= 0.6 is 11.8 Å². The number of nitrogens with one attached hydrogen (secondary N) is 1. The zero-order valence-corrected chi connectivity index (χ0v) is 11.0. The molecule has 0 bridgehead atoms. The molecule has 0 aliphatic carbocycles. The number of carbonyl (C=O) groups is 2. The quantitative estimate of drug-likeness (QED) is 0.839. The summed E-state index contributed by atoms with van der Waals surface area (Å²) in [7, 11) is 0. The smallest absolute Gasteiger partial charge is 0.326 e. The zero-order chi connectivity index (χ0) is 14.4. The van der Waals surface area contributed by atoms with Crippen molar-refractivity contribution in [3.63, 3.8) is 0 Å². The van der Waals surface area contributed by atoms with Crippen molar-refractivity contribution in [3.8, 4) is 0 Å². The van der Waals surface area contributed by atoms with Crippen LogP contribution in [0.15, 0.2) is 18.2 Å². The summed E-state index contributed by atoms with van der Waals surface area (Å²) in [4.78, 5) is 22.6. The highest BCUT2D eigenvalue weighted by molar-refractivity contribution is 7.98. The first-order chi connectivity index (χ1) is 8.95. The highest BCUT2D eigenvalue weighted by Gasteiger charge is 2.21. The van der Waals surface area contributed by atoms with Crippen LogP contribution in [0.5, 0.6) is 0 Å². The van der Waals surface area contributed by atoms with Crippen LogP contribution in [0.1, 0.15) is 16.8 Å². The van der Waals surface area contributed by atoms with Gasteiger partial charge in [-0.15, -0.1) is 0 Å². The maximum absolute atomic E-state index is 13.4. The van der Waals surface area contributed by atoms with Crippen molar-refractivity contribution in [1.82, 2.24) is 5.32 Å². The summed E-state index contributed by atoms with van der Waals surface area (Å²) in [5.74, 6) is -3.34. The fraction of sp³-hybridized carbons (Fsp3) is 0.333. The molecule has 0 spiro atoms. The van der Waals surface area contributed by atoms with E-state index in [2.05, 4.69) is 5.32 Å². The first-order valence-electron chi connectivity index (χ1n) is 5.43. The normalized spacial score (nSPS) is 11.9. The summed E-state index contributed by atoms with van der Waals surface area (Å²) in [5, 5.41) is 11.1. The molecule has 0 heterocycles. The van der Waals surface area contributed by atoms with Gasteiger partial charge in [0.15, 0.2) is 0 Å². The van der Waals surface area contributed by atoms with Gasteiger partial charge in [0.1, 0.15) is 17.7 Å². The standard InChI is InChI=1S/C12H13F2NO3S/c1-19-5-4-10(12(17)18)15-11(16)8-3-2-7(13)6-9(8)14/h2-3,6,10H,4-5H2,1H3,(H,15,16)(H,17,18). The average molecular weight is 289 g/mol. The van der Waals surface area contributed by atoms with Crippen molar-refractivity contribution in [3.05, 3.63) is 35.4 Å². The Morgan fingerprint density at radius 2 is 2.11 bits per heavy atom. The van der Waals surface area contributed by atoms with Gasteiger partial charge in [0.2, 0.25) is 0 Å². The van der Waals surface area contributed by atoms with Crippen LogP contribution in [0.2, 0.25) is 0 Å². The maximum Gasteiger partial charge on any atom is 0.326 e. The lowest BCUT2D eigenvalue weighted by atomic mass is 10.1. The minimum absolute atomic E-state index is 0.227. The van der Waals surface area contributed by atoms with E-state index >= 15 is 0 Å². The Labute approximate surface area is 113 Å². The molecule has 1 rings (SSSR count). The molecule has 1 unspecified atom stereocenters. The Morgan fingerprint density at radius 3 is 2.63 bits per heavy atom. The number of hydrogen-bond acceptors (Lipinski definition) is 3. The number of thioether (sulfide) groups is 1. The number of hydrogen-bond donors (Lipinski definition) is 2. The molecule has 1 atom stereocenters. The first kappa shape index (κ1) is 15.4. The summed E-state index contributed by atoms with van der Waals surface area (Å²) in [6, 6.07) is 1.40. The van der Waals surface area contributed by atoms with Gasteiger partial charge in [-0.05, 0) is 30.6 Å². The SMILES string of the molecule is CSCCC(NC(=O)c1ccc(F)cc1F)C(=O)O. The molecule has 2 N–H and O–H groups in total. The lowest BCUT2D eigenvalue weighted by molar-refractivity contribution is -0.139. The average Bonchev–Trinajstić information content (AvgIpc) is 2.33. The molecule has 0 aromatic heterocycles. The van der Waals surface area contributed by atoms with Crippen LogP contribution in [-0.2, 0) is 4.79 Å². The van der Waals surface area contributed by atoms with Gasteiger partial charge in [-0.25, -0.2) is 13.6 Å². The molecule has 0 saturated heterocycles. The third-order valence-electron chi connectivity index (χ3n) is 2.39. The minimum atomic E-state index is -1.19. The van der Waals surface area contributed by atoms with E-state index in [0.29, 0.717) is 11.8 Å². The number of aliphatic carboxylic acids is 1. The van der Waals surface area contributed by atoms with Crippen LogP contribution in [-0.4, -0.2) is 35.0 Å². The summed E-state index contributed by atoms with van der Waals surface area (Å²) in [6.07, 6.45) is 2.03. The fourth-order valence-corrected chi connectivity index (χ4v) is 1.87. The number of amides is 1. The Bertz CT molecular complexity index is 482. The highest BCUT2D eigenvalue weighted by Crippen LogP contribution is 2.10. The predicted molar refractivity (Wildman–Crippen MR) is 68.2 cm³/mol. The Balaban J connectivity index is 2.78. The number of rotatable bonds is 6. The molecular formula is C12H13F2NO3S. The van der Waals surface area contributed by atoms with Gasteiger partial charge in [-0.3, -0.25) is 4.79 Å². The van der Waals surface area contributed by atoms with E-state index in [1.165, 1.54) is 11.8 Å². The Morgan fingerprint density at radius 1 is 1.42 bits per heavy atom. The van der Waals surface area contributed by atoms with Crippen LogP contribution in [0.4, 0.5) is 8.78 Å². The highest BCUT2D eigenvalue weighted by atomic mass is 32.2. The molecule has 19 heavy (non-hydrogen) atoms. The van der Waals surface area contributed by atoms with Crippen molar-refractivity contribution in [2.75, 3.05) is 12.0 Å². The predicted octanol–water partition coefficient (Wildman–Crippen LogP) is 1.90. The summed E-state index contributed by atoms with van der Waals surface area (Å²) < 4.78 is 26.1. The zero-order valence-electron chi connectivity index (χ0n) is 10.2. The third-order valence-corrected chi connectivity index (χ3v) is 3.03. The first-order valence-corrected chi connectivity index (χ1v) is 6.82. The maximum atomic E-state index is 13.4. The van der Waals surface area contributed by atoms with E-state index in [4.69, 9.17) is 5.11 Å². The Hall–Kier alpha value is -1.63.